The van der Waals surface area contributed by atoms with Crippen LogP contribution in [-0.4, -0.2) is 17.2 Å². The summed E-state index contributed by atoms with van der Waals surface area (Å²) >= 11 is 13.5. The fraction of sp³-hybridized carbons (Fsp3) is 0.241. The molecule has 0 radical (unpaired) electrons. The predicted octanol–water partition coefficient (Wildman–Crippen LogP) is 7.51. The van der Waals surface area contributed by atoms with Crippen LogP contribution < -0.4 is 5.46 Å². The van der Waals surface area contributed by atoms with Crippen molar-refractivity contribution < 1.29 is 10.0 Å². The number of halogens is 2. The molecular formula is C29H27BCl2O2. The lowest BCUT2D eigenvalue weighted by molar-refractivity contribution is 0.424. The molecule has 5 heteroatoms. The van der Waals surface area contributed by atoms with Gasteiger partial charge in [0.15, 0.2) is 0 Å². The van der Waals surface area contributed by atoms with Gasteiger partial charge in [-0.3, -0.25) is 0 Å². The van der Waals surface area contributed by atoms with Gasteiger partial charge in [-0.05, 0) is 80.3 Å². The maximum atomic E-state index is 10.4. The average molecular weight is 489 g/mol. The number of benzene rings is 5. The van der Waals surface area contributed by atoms with Crippen LogP contribution in [0.25, 0.3) is 32.3 Å². The summed E-state index contributed by atoms with van der Waals surface area (Å²) < 4.78 is 0. The van der Waals surface area contributed by atoms with Crippen LogP contribution in [0.4, 0.5) is 0 Å². The second kappa shape index (κ2) is 9.05. The van der Waals surface area contributed by atoms with Crippen LogP contribution in [0.1, 0.15) is 54.4 Å². The lowest BCUT2D eigenvalue weighted by Crippen LogP contribution is -2.37. The van der Waals surface area contributed by atoms with E-state index in [1.807, 2.05) is 13.8 Å². The predicted molar refractivity (Wildman–Crippen MR) is 147 cm³/mol. The number of hydrogen-bond acceptors (Lipinski definition) is 2. The first kappa shape index (κ1) is 23.4. The molecule has 0 aromatic heterocycles. The summed E-state index contributed by atoms with van der Waals surface area (Å²) in [6.07, 6.45) is 2.87. The Morgan fingerprint density at radius 1 is 0.794 bits per heavy atom. The zero-order chi connectivity index (χ0) is 24.1. The van der Waals surface area contributed by atoms with Crippen molar-refractivity contribution in [2.24, 2.45) is 0 Å². The second-order valence-electron chi connectivity index (χ2n) is 9.28. The standard InChI is InChI=1S/C29H27BCl2O2/c1-4-5-9-22(26-27(30(33)34)16(2)28(31)17(3)29(26)32)21-14-12-20-11-10-18-7-6-8-19-13-15-23(21)25(20)24(18)19/h6-8,10-15,22,33-34H,4-5,9H2,1-3H3. The van der Waals surface area contributed by atoms with Gasteiger partial charge in [0.2, 0.25) is 0 Å². The van der Waals surface area contributed by atoms with E-state index in [0.29, 0.717) is 21.1 Å². The van der Waals surface area contributed by atoms with Gasteiger partial charge in [-0.2, -0.15) is 0 Å². The Morgan fingerprint density at radius 2 is 1.41 bits per heavy atom. The Labute approximate surface area is 210 Å². The maximum absolute atomic E-state index is 10.4. The molecule has 5 rings (SSSR count). The van der Waals surface area contributed by atoms with E-state index in [2.05, 4.69) is 61.5 Å². The summed E-state index contributed by atoms with van der Waals surface area (Å²) in [5, 5.41) is 29.2. The normalized spacial score (nSPS) is 12.8. The molecule has 0 aliphatic carbocycles. The van der Waals surface area contributed by atoms with Gasteiger partial charge in [-0.15, -0.1) is 0 Å². The van der Waals surface area contributed by atoms with Gasteiger partial charge in [-0.1, -0.05) is 97.6 Å². The number of hydrogen-bond donors (Lipinski definition) is 2. The van der Waals surface area contributed by atoms with E-state index in [1.54, 1.807) is 0 Å². The largest absolute Gasteiger partial charge is 0.489 e. The fourth-order valence-electron chi connectivity index (χ4n) is 5.62. The molecule has 2 N–H and O–H groups in total. The lowest BCUT2D eigenvalue weighted by atomic mass is 9.68. The van der Waals surface area contributed by atoms with Crippen molar-refractivity contribution in [2.75, 3.05) is 0 Å². The molecule has 0 saturated heterocycles. The van der Waals surface area contributed by atoms with Gasteiger partial charge < -0.3 is 10.0 Å². The molecule has 172 valence electrons. The molecule has 0 heterocycles. The smallest absolute Gasteiger partial charge is 0.423 e. The van der Waals surface area contributed by atoms with E-state index in [9.17, 15) is 10.0 Å². The molecule has 0 aliphatic heterocycles. The Balaban J connectivity index is 1.87. The highest BCUT2D eigenvalue weighted by atomic mass is 35.5. The van der Waals surface area contributed by atoms with E-state index < -0.39 is 7.12 Å². The van der Waals surface area contributed by atoms with Gasteiger partial charge in [0.05, 0.1) is 0 Å². The van der Waals surface area contributed by atoms with Crippen LogP contribution in [0.2, 0.25) is 10.0 Å². The third-order valence-electron chi connectivity index (χ3n) is 7.31. The molecular weight excluding hydrogens is 462 g/mol. The SMILES string of the molecule is CCCCC(c1c(Cl)c(C)c(Cl)c(C)c1B(O)O)c1ccc2ccc3cccc4ccc1c2c34. The molecule has 1 unspecified atom stereocenters. The van der Waals surface area contributed by atoms with Crippen LogP contribution >= 0.6 is 23.2 Å². The lowest BCUT2D eigenvalue weighted by Gasteiger charge is -2.27. The Hall–Kier alpha value is -2.30. The summed E-state index contributed by atoms with van der Waals surface area (Å²) in [4.78, 5) is 0. The molecule has 2 nitrogen and oxygen atoms in total. The van der Waals surface area contributed by atoms with Gasteiger partial charge in [0, 0.05) is 16.0 Å². The minimum absolute atomic E-state index is 0.0940. The number of rotatable bonds is 6. The van der Waals surface area contributed by atoms with Crippen LogP contribution in [0.5, 0.6) is 0 Å². The molecule has 1 atom stereocenters. The topological polar surface area (TPSA) is 40.5 Å². The molecule has 5 aromatic carbocycles. The van der Waals surface area contributed by atoms with E-state index in [-0.39, 0.29) is 5.92 Å². The molecule has 0 amide bonds. The molecule has 0 bridgehead atoms. The maximum Gasteiger partial charge on any atom is 0.489 e. The quantitative estimate of drug-likeness (QED) is 0.192. The molecule has 0 saturated carbocycles. The van der Waals surface area contributed by atoms with E-state index in [4.69, 9.17) is 23.2 Å². The number of unbranched alkanes of at least 4 members (excludes halogenated alkanes) is 1. The first-order valence-electron chi connectivity index (χ1n) is 11.9. The van der Waals surface area contributed by atoms with E-state index in [0.717, 1.165) is 36.0 Å². The molecule has 5 aromatic rings. The third kappa shape index (κ3) is 3.58. The summed E-state index contributed by atoms with van der Waals surface area (Å²) in [7, 11) is -1.66. The van der Waals surface area contributed by atoms with Gasteiger partial charge in [0.1, 0.15) is 0 Å². The van der Waals surface area contributed by atoms with Crippen molar-refractivity contribution >= 4 is 68.1 Å². The molecule has 0 fully saturated rings. The zero-order valence-corrected chi connectivity index (χ0v) is 21.1. The van der Waals surface area contributed by atoms with Crippen molar-refractivity contribution in [1.29, 1.82) is 0 Å². The summed E-state index contributed by atoms with van der Waals surface area (Å²) in [5.41, 5.74) is 3.81. The highest BCUT2D eigenvalue weighted by Gasteiger charge is 2.31. The monoisotopic (exact) mass is 488 g/mol. The van der Waals surface area contributed by atoms with Crippen LogP contribution in [0.15, 0.2) is 54.6 Å². The van der Waals surface area contributed by atoms with Crippen LogP contribution in [-0.2, 0) is 0 Å². The summed E-state index contributed by atoms with van der Waals surface area (Å²) in [5.74, 6) is -0.0940. The highest BCUT2D eigenvalue weighted by Crippen LogP contribution is 2.43. The third-order valence-corrected chi connectivity index (χ3v) is 8.36. The van der Waals surface area contributed by atoms with Crippen molar-refractivity contribution in [1.82, 2.24) is 0 Å². The van der Waals surface area contributed by atoms with Gasteiger partial charge in [0.25, 0.3) is 0 Å². The van der Waals surface area contributed by atoms with Crippen molar-refractivity contribution in [3.05, 3.63) is 86.9 Å². The second-order valence-corrected chi connectivity index (χ2v) is 10.0. The van der Waals surface area contributed by atoms with Gasteiger partial charge >= 0.3 is 7.12 Å². The molecule has 0 aliphatic rings. The first-order valence-corrected chi connectivity index (χ1v) is 12.6. The Bertz CT molecular complexity index is 1510. The molecule has 0 spiro atoms. The summed E-state index contributed by atoms with van der Waals surface area (Å²) in [6.45, 7) is 5.91. The molecule has 34 heavy (non-hydrogen) atoms. The van der Waals surface area contributed by atoms with Gasteiger partial charge in [-0.25, -0.2) is 0 Å². The van der Waals surface area contributed by atoms with Crippen LogP contribution in [0, 0.1) is 13.8 Å². The van der Waals surface area contributed by atoms with Crippen molar-refractivity contribution in [2.45, 2.75) is 46.0 Å². The fourth-order valence-corrected chi connectivity index (χ4v) is 6.19. The van der Waals surface area contributed by atoms with E-state index in [1.165, 1.54) is 32.3 Å². The highest BCUT2D eigenvalue weighted by molar-refractivity contribution is 6.61. The minimum atomic E-state index is -1.66. The first-order chi connectivity index (χ1) is 16.3. The zero-order valence-electron chi connectivity index (χ0n) is 19.6. The Morgan fingerprint density at radius 3 is 2.06 bits per heavy atom. The summed E-state index contributed by atoms with van der Waals surface area (Å²) in [6, 6.07) is 19.5. The van der Waals surface area contributed by atoms with Crippen LogP contribution in [0.3, 0.4) is 0 Å². The van der Waals surface area contributed by atoms with Crippen molar-refractivity contribution in [3.8, 4) is 0 Å². The van der Waals surface area contributed by atoms with Crippen molar-refractivity contribution in [3.63, 3.8) is 0 Å². The Kier molecular flexibility index (Phi) is 6.24. The minimum Gasteiger partial charge on any atom is -0.423 e. The van der Waals surface area contributed by atoms with E-state index >= 15 is 0 Å². The average Bonchev–Trinajstić information content (AvgIpc) is 2.84.